The summed E-state index contributed by atoms with van der Waals surface area (Å²) in [4.78, 5) is 12.1. The summed E-state index contributed by atoms with van der Waals surface area (Å²) in [6.07, 6.45) is 1.20. The van der Waals surface area contributed by atoms with Crippen LogP contribution in [-0.2, 0) is 14.8 Å². The second kappa shape index (κ2) is 7.88. The number of nitrogens with zero attached hydrogens (tertiary/aromatic N) is 1. The molecule has 2 aromatic rings. The van der Waals surface area contributed by atoms with Crippen molar-refractivity contribution in [1.82, 2.24) is 0 Å². The number of amides is 1. The number of nitrogens with one attached hydrogen (secondary N) is 2. The Morgan fingerprint density at radius 2 is 1.85 bits per heavy atom. The average Bonchev–Trinajstić information content (AvgIpc) is 2.56. The number of nitrogen functional groups attached to an aromatic ring is 1. The zero-order valence-electron chi connectivity index (χ0n) is 13.2. The van der Waals surface area contributed by atoms with Crippen molar-refractivity contribution in [3.63, 3.8) is 0 Å². The molecule has 134 valence electrons. The number of halogens is 1. The van der Waals surface area contributed by atoms with Gasteiger partial charge in [0, 0.05) is 17.6 Å². The molecule has 0 atom stereocenters. The second-order valence-corrected chi connectivity index (χ2v) is 7.05. The number of hydrogen-bond donors (Lipinski definition) is 4. The smallest absolute Gasteiger partial charge is 0.267 e. The fraction of sp³-hybridized carbons (Fsp3) is 0. The van der Waals surface area contributed by atoms with Crippen molar-refractivity contribution in [3.05, 3.63) is 59.3 Å². The first-order valence-electron chi connectivity index (χ1n) is 7.07. The minimum atomic E-state index is -3.82. The Labute approximate surface area is 155 Å². The highest BCUT2D eigenvalue weighted by molar-refractivity contribution is 7.89. The Hall–Kier alpha value is -3.06. The van der Waals surface area contributed by atoms with E-state index in [1.165, 1.54) is 36.5 Å². The predicted octanol–water partition coefficient (Wildman–Crippen LogP) is 2.03. The van der Waals surface area contributed by atoms with Crippen molar-refractivity contribution in [1.29, 1.82) is 5.26 Å². The Morgan fingerprint density at radius 1 is 1.19 bits per heavy atom. The average molecular weight is 392 g/mol. The van der Waals surface area contributed by atoms with Crippen LogP contribution in [0, 0.1) is 11.3 Å². The normalized spacial score (nSPS) is 11.5. The van der Waals surface area contributed by atoms with Crippen molar-refractivity contribution < 1.29 is 13.2 Å². The minimum Gasteiger partial charge on any atom is -0.399 e. The number of primary sulfonamides is 1. The minimum absolute atomic E-state index is 0.0915. The summed E-state index contributed by atoms with van der Waals surface area (Å²) in [5.74, 6) is -0.685. The third-order valence-corrected chi connectivity index (χ3v) is 4.41. The molecule has 0 spiro atoms. The lowest BCUT2D eigenvalue weighted by atomic mass is 10.2. The lowest BCUT2D eigenvalue weighted by molar-refractivity contribution is -0.112. The van der Waals surface area contributed by atoms with Crippen molar-refractivity contribution in [2.45, 2.75) is 4.90 Å². The molecule has 6 N–H and O–H groups in total. The second-order valence-electron chi connectivity index (χ2n) is 5.08. The van der Waals surface area contributed by atoms with Crippen LogP contribution in [0.4, 0.5) is 17.1 Å². The van der Waals surface area contributed by atoms with Crippen LogP contribution in [0.3, 0.4) is 0 Å². The van der Waals surface area contributed by atoms with Gasteiger partial charge in [0.15, 0.2) is 0 Å². The van der Waals surface area contributed by atoms with Gasteiger partial charge in [0.25, 0.3) is 5.91 Å². The lowest BCUT2D eigenvalue weighted by Crippen LogP contribution is -2.15. The highest BCUT2D eigenvalue weighted by Crippen LogP contribution is 2.24. The summed E-state index contributed by atoms with van der Waals surface area (Å²) in [5.41, 5.74) is 6.63. The molecule has 26 heavy (non-hydrogen) atoms. The van der Waals surface area contributed by atoms with Crippen molar-refractivity contribution in [2.24, 2.45) is 5.14 Å². The third kappa shape index (κ3) is 4.97. The van der Waals surface area contributed by atoms with Crippen LogP contribution in [0.1, 0.15) is 0 Å². The molecule has 0 aliphatic rings. The number of rotatable bonds is 5. The Bertz CT molecular complexity index is 1010. The number of hydrogen-bond acceptors (Lipinski definition) is 6. The number of sulfonamides is 1. The number of anilines is 3. The fourth-order valence-corrected chi connectivity index (χ4v) is 2.63. The molecular weight excluding hydrogens is 378 g/mol. The molecule has 0 radical (unpaired) electrons. The summed E-state index contributed by atoms with van der Waals surface area (Å²) < 4.78 is 22.4. The molecule has 0 saturated carbocycles. The molecule has 0 aromatic heterocycles. The number of nitriles is 1. The largest absolute Gasteiger partial charge is 0.399 e. The number of benzene rings is 2. The highest BCUT2D eigenvalue weighted by atomic mass is 35.5. The molecule has 10 heteroatoms. The molecule has 8 nitrogen and oxygen atoms in total. The molecule has 0 aliphatic carbocycles. The molecule has 2 aromatic carbocycles. The van der Waals surface area contributed by atoms with Gasteiger partial charge in [0.1, 0.15) is 11.6 Å². The summed E-state index contributed by atoms with van der Waals surface area (Å²) >= 11 is 6.00. The summed E-state index contributed by atoms with van der Waals surface area (Å²) in [6, 6.07) is 11.7. The predicted molar refractivity (Wildman–Crippen MR) is 99.6 cm³/mol. The van der Waals surface area contributed by atoms with E-state index in [9.17, 15) is 13.2 Å². The maximum atomic E-state index is 12.1. The zero-order valence-corrected chi connectivity index (χ0v) is 14.8. The molecule has 0 fully saturated rings. The molecule has 2 rings (SSSR count). The topological polar surface area (TPSA) is 151 Å². The van der Waals surface area contributed by atoms with Gasteiger partial charge in [-0.15, -0.1) is 0 Å². The van der Waals surface area contributed by atoms with Gasteiger partial charge in [0.2, 0.25) is 10.0 Å². The third-order valence-electron chi connectivity index (χ3n) is 3.17. The Morgan fingerprint density at radius 3 is 2.38 bits per heavy atom. The summed E-state index contributed by atoms with van der Waals surface area (Å²) in [7, 11) is -3.82. The summed E-state index contributed by atoms with van der Waals surface area (Å²) in [5, 5.41) is 19.7. The van der Waals surface area contributed by atoms with Crippen LogP contribution in [0.5, 0.6) is 0 Å². The van der Waals surface area contributed by atoms with E-state index in [1.54, 1.807) is 18.2 Å². The molecule has 0 aliphatic heterocycles. The molecular formula is C16H14ClN5O3S. The Kier molecular flexibility index (Phi) is 5.84. The van der Waals surface area contributed by atoms with Gasteiger partial charge in [-0.1, -0.05) is 11.6 Å². The van der Waals surface area contributed by atoms with Crippen molar-refractivity contribution >= 4 is 44.6 Å². The van der Waals surface area contributed by atoms with Gasteiger partial charge >= 0.3 is 0 Å². The molecule has 0 saturated heterocycles. The van der Waals surface area contributed by atoms with E-state index < -0.39 is 15.9 Å². The van der Waals surface area contributed by atoms with E-state index in [0.29, 0.717) is 22.1 Å². The highest BCUT2D eigenvalue weighted by Gasteiger charge is 2.11. The van der Waals surface area contributed by atoms with E-state index in [1.807, 2.05) is 0 Å². The maximum absolute atomic E-state index is 12.1. The van der Waals surface area contributed by atoms with E-state index in [2.05, 4.69) is 10.6 Å². The van der Waals surface area contributed by atoms with Crippen LogP contribution in [0.25, 0.3) is 0 Å². The quantitative estimate of drug-likeness (QED) is 0.347. The zero-order chi connectivity index (χ0) is 19.3. The first kappa shape index (κ1) is 19.3. The molecule has 1 amide bonds. The van der Waals surface area contributed by atoms with Crippen LogP contribution >= 0.6 is 11.6 Å². The SMILES string of the molecule is N#C/C(=C/Nc1ccc(N)cc1Cl)C(=O)Nc1ccc(S(N)(=O)=O)cc1. The van der Waals surface area contributed by atoms with Crippen LogP contribution in [-0.4, -0.2) is 14.3 Å². The standard InChI is InChI=1S/C16H14ClN5O3S/c17-14-7-11(19)1-6-15(14)21-9-10(8-18)16(23)22-12-2-4-13(5-3-12)26(20,24)25/h1-7,9,21H,19H2,(H,22,23)(H2,20,24,25)/b10-9-. The van der Waals surface area contributed by atoms with Crippen LogP contribution in [0.2, 0.25) is 5.02 Å². The maximum Gasteiger partial charge on any atom is 0.267 e. The first-order chi connectivity index (χ1) is 12.2. The van der Waals surface area contributed by atoms with Gasteiger partial charge in [-0.25, -0.2) is 13.6 Å². The van der Waals surface area contributed by atoms with Gasteiger partial charge in [-0.05, 0) is 42.5 Å². The fourth-order valence-electron chi connectivity index (χ4n) is 1.87. The van der Waals surface area contributed by atoms with Crippen molar-refractivity contribution in [3.8, 4) is 6.07 Å². The van der Waals surface area contributed by atoms with E-state index in [0.717, 1.165) is 0 Å². The van der Waals surface area contributed by atoms with Gasteiger partial charge < -0.3 is 16.4 Å². The van der Waals surface area contributed by atoms with Gasteiger partial charge in [-0.3, -0.25) is 4.79 Å². The number of carbonyl (C=O) groups is 1. The van der Waals surface area contributed by atoms with E-state index in [-0.39, 0.29) is 10.5 Å². The van der Waals surface area contributed by atoms with Crippen molar-refractivity contribution in [2.75, 3.05) is 16.4 Å². The first-order valence-corrected chi connectivity index (χ1v) is 8.99. The van der Waals surface area contributed by atoms with Gasteiger partial charge in [0.05, 0.1) is 15.6 Å². The lowest BCUT2D eigenvalue weighted by Gasteiger charge is -2.07. The van der Waals surface area contributed by atoms with E-state index >= 15 is 0 Å². The van der Waals surface area contributed by atoms with E-state index in [4.69, 9.17) is 27.7 Å². The molecule has 0 heterocycles. The monoisotopic (exact) mass is 391 g/mol. The van der Waals surface area contributed by atoms with Gasteiger partial charge in [-0.2, -0.15) is 5.26 Å². The molecule has 0 unspecified atom stereocenters. The Balaban J connectivity index is 2.12. The number of carbonyl (C=O) groups excluding carboxylic acids is 1. The molecule has 0 bridgehead atoms. The summed E-state index contributed by atoms with van der Waals surface area (Å²) in [6.45, 7) is 0. The van der Waals surface area contributed by atoms with Crippen LogP contribution < -0.4 is 21.5 Å². The van der Waals surface area contributed by atoms with Crippen LogP contribution in [0.15, 0.2) is 59.1 Å². The number of nitrogens with two attached hydrogens (primary N) is 2.